The molecule has 0 aliphatic rings. The van der Waals surface area contributed by atoms with Gasteiger partial charge in [-0.3, -0.25) is 9.59 Å². The molecule has 3 aromatic rings. The van der Waals surface area contributed by atoms with Crippen LogP contribution in [0.5, 0.6) is 5.75 Å². The zero-order valence-corrected chi connectivity index (χ0v) is 20.4. The summed E-state index contributed by atoms with van der Waals surface area (Å²) in [6.07, 6.45) is 2.25. The van der Waals surface area contributed by atoms with Crippen molar-refractivity contribution in [1.82, 2.24) is 20.1 Å². The second-order valence-electron chi connectivity index (χ2n) is 7.69. The number of aromatic nitrogens is 3. The van der Waals surface area contributed by atoms with E-state index in [0.717, 1.165) is 16.8 Å². The average Bonchev–Trinajstić information content (AvgIpc) is 3.21. The number of allylic oxidation sites excluding steroid dienone is 1. The predicted molar refractivity (Wildman–Crippen MR) is 135 cm³/mol. The molecular weight excluding hydrogens is 450 g/mol. The van der Waals surface area contributed by atoms with Gasteiger partial charge >= 0.3 is 0 Å². The van der Waals surface area contributed by atoms with Crippen LogP contribution in [0.15, 0.2) is 60.3 Å². The Morgan fingerprint density at radius 1 is 1.15 bits per heavy atom. The minimum Gasteiger partial charge on any atom is -0.497 e. The fourth-order valence-corrected chi connectivity index (χ4v) is 4.09. The number of ether oxygens (including phenoxy) is 1. The summed E-state index contributed by atoms with van der Waals surface area (Å²) in [5, 5.41) is 15.0. The lowest BCUT2D eigenvalue weighted by atomic mass is 10.1. The standard InChI is InChI=1S/C25H29N5O3S/c1-5-14-30-22(12-13-26-24(32)19-7-9-20(33-4)10-8-19)28-29-25(30)34-16-23(31)27-21-11-6-17(2)15-18(21)3/h5-11,15H,1,12-14,16H2,2-4H3,(H,26,32)(H,27,31). The SMILES string of the molecule is C=CCn1c(CCNC(=O)c2ccc(OC)cc2)nnc1SCC(=O)Nc1ccc(C)cc1C. The maximum Gasteiger partial charge on any atom is 0.251 e. The average molecular weight is 480 g/mol. The summed E-state index contributed by atoms with van der Waals surface area (Å²) >= 11 is 1.31. The molecule has 8 nitrogen and oxygen atoms in total. The maximum atomic E-state index is 12.5. The third-order valence-corrected chi connectivity index (χ3v) is 6.05. The normalized spacial score (nSPS) is 10.6. The summed E-state index contributed by atoms with van der Waals surface area (Å²) in [4.78, 5) is 24.8. The zero-order valence-electron chi connectivity index (χ0n) is 19.6. The smallest absolute Gasteiger partial charge is 0.251 e. The van der Waals surface area contributed by atoms with Gasteiger partial charge in [-0.1, -0.05) is 35.5 Å². The fraction of sp³-hybridized carbons (Fsp3) is 0.280. The van der Waals surface area contributed by atoms with Gasteiger partial charge in [-0.25, -0.2) is 0 Å². The van der Waals surface area contributed by atoms with Gasteiger partial charge < -0.3 is 19.9 Å². The Kier molecular flexibility index (Phi) is 8.86. The van der Waals surface area contributed by atoms with E-state index in [4.69, 9.17) is 4.74 Å². The van der Waals surface area contributed by atoms with Gasteiger partial charge in [0.05, 0.1) is 12.9 Å². The van der Waals surface area contributed by atoms with Gasteiger partial charge in [-0.05, 0) is 49.7 Å². The molecule has 0 fully saturated rings. The zero-order chi connectivity index (χ0) is 24.5. The van der Waals surface area contributed by atoms with E-state index in [1.807, 2.05) is 36.6 Å². The topological polar surface area (TPSA) is 98.1 Å². The highest BCUT2D eigenvalue weighted by molar-refractivity contribution is 7.99. The van der Waals surface area contributed by atoms with Gasteiger partial charge in [-0.2, -0.15) is 0 Å². The molecule has 0 bridgehead atoms. The van der Waals surface area contributed by atoms with Gasteiger partial charge in [0.25, 0.3) is 5.91 Å². The lowest BCUT2D eigenvalue weighted by molar-refractivity contribution is -0.113. The van der Waals surface area contributed by atoms with E-state index in [0.29, 0.717) is 41.8 Å². The molecule has 2 amide bonds. The molecule has 0 saturated heterocycles. The third kappa shape index (κ3) is 6.71. The van der Waals surface area contributed by atoms with Crippen LogP contribution in [0.4, 0.5) is 5.69 Å². The van der Waals surface area contributed by atoms with Crippen molar-refractivity contribution in [2.24, 2.45) is 0 Å². The van der Waals surface area contributed by atoms with Crippen LogP contribution in [0, 0.1) is 13.8 Å². The lowest BCUT2D eigenvalue weighted by Gasteiger charge is -2.10. The Balaban J connectivity index is 1.55. The maximum absolute atomic E-state index is 12.5. The second kappa shape index (κ2) is 12.0. The van der Waals surface area contributed by atoms with Crippen LogP contribution in [0.25, 0.3) is 0 Å². The molecule has 0 saturated carbocycles. The lowest BCUT2D eigenvalue weighted by Crippen LogP contribution is -2.26. The van der Waals surface area contributed by atoms with Crippen molar-refractivity contribution in [3.63, 3.8) is 0 Å². The third-order valence-electron chi connectivity index (χ3n) is 5.08. The minimum absolute atomic E-state index is 0.113. The largest absolute Gasteiger partial charge is 0.497 e. The molecule has 178 valence electrons. The van der Waals surface area contributed by atoms with Crippen LogP contribution in [-0.2, 0) is 17.8 Å². The van der Waals surface area contributed by atoms with Crippen LogP contribution in [0.2, 0.25) is 0 Å². The molecule has 1 aromatic heterocycles. The second-order valence-corrected chi connectivity index (χ2v) is 8.63. The van der Waals surface area contributed by atoms with E-state index < -0.39 is 0 Å². The summed E-state index contributed by atoms with van der Waals surface area (Å²) in [5.41, 5.74) is 3.53. The Hall–Kier alpha value is -3.59. The summed E-state index contributed by atoms with van der Waals surface area (Å²) in [5.74, 6) is 1.33. The molecule has 1 heterocycles. The highest BCUT2D eigenvalue weighted by Crippen LogP contribution is 2.20. The summed E-state index contributed by atoms with van der Waals surface area (Å²) in [7, 11) is 1.58. The number of anilines is 1. The summed E-state index contributed by atoms with van der Waals surface area (Å²) in [6, 6.07) is 12.8. The van der Waals surface area contributed by atoms with Crippen LogP contribution in [-0.4, -0.2) is 46.0 Å². The molecule has 0 aliphatic carbocycles. The highest BCUT2D eigenvalue weighted by Gasteiger charge is 2.15. The van der Waals surface area contributed by atoms with E-state index >= 15 is 0 Å². The predicted octanol–water partition coefficient (Wildman–Crippen LogP) is 3.79. The number of aryl methyl sites for hydroxylation is 2. The molecule has 34 heavy (non-hydrogen) atoms. The molecule has 9 heteroatoms. The Labute approximate surface area is 203 Å². The Bertz CT molecular complexity index is 1160. The number of benzene rings is 2. The van der Waals surface area contributed by atoms with Crippen molar-refractivity contribution >= 4 is 29.3 Å². The Morgan fingerprint density at radius 3 is 2.59 bits per heavy atom. The molecule has 0 spiro atoms. The molecular formula is C25H29N5O3S. The molecule has 0 aliphatic heterocycles. The first kappa shape index (κ1) is 25.0. The van der Waals surface area contributed by atoms with Crippen LogP contribution in [0.3, 0.4) is 0 Å². The van der Waals surface area contributed by atoms with E-state index in [1.165, 1.54) is 11.8 Å². The van der Waals surface area contributed by atoms with Crippen molar-refractivity contribution in [1.29, 1.82) is 0 Å². The summed E-state index contributed by atoms with van der Waals surface area (Å²) in [6.45, 7) is 8.70. The molecule has 2 N–H and O–H groups in total. The number of hydrogen-bond acceptors (Lipinski definition) is 6. The van der Waals surface area contributed by atoms with Crippen molar-refractivity contribution in [2.75, 3.05) is 24.7 Å². The van der Waals surface area contributed by atoms with Gasteiger partial charge in [0, 0.05) is 30.8 Å². The van der Waals surface area contributed by atoms with Gasteiger partial charge in [0.1, 0.15) is 11.6 Å². The first-order valence-corrected chi connectivity index (χ1v) is 11.8. The van der Waals surface area contributed by atoms with E-state index in [1.54, 1.807) is 37.5 Å². The van der Waals surface area contributed by atoms with Crippen LogP contribution < -0.4 is 15.4 Å². The van der Waals surface area contributed by atoms with E-state index in [-0.39, 0.29) is 17.6 Å². The Morgan fingerprint density at radius 2 is 1.91 bits per heavy atom. The van der Waals surface area contributed by atoms with Crippen molar-refractivity contribution in [3.8, 4) is 5.75 Å². The number of methoxy groups -OCH3 is 1. The van der Waals surface area contributed by atoms with Crippen LogP contribution in [0.1, 0.15) is 27.3 Å². The molecule has 0 atom stereocenters. The number of nitrogens with one attached hydrogen (secondary N) is 2. The van der Waals surface area contributed by atoms with Gasteiger partial charge in [-0.15, -0.1) is 16.8 Å². The fourth-order valence-electron chi connectivity index (χ4n) is 3.33. The summed E-state index contributed by atoms with van der Waals surface area (Å²) < 4.78 is 7.02. The van der Waals surface area contributed by atoms with E-state index in [2.05, 4.69) is 27.4 Å². The first-order chi connectivity index (χ1) is 16.4. The number of carbonyl (C=O) groups is 2. The molecule has 0 unspecified atom stereocenters. The molecule has 3 rings (SSSR count). The first-order valence-electron chi connectivity index (χ1n) is 10.9. The number of amides is 2. The number of rotatable bonds is 11. The number of nitrogens with zero attached hydrogens (tertiary/aromatic N) is 3. The van der Waals surface area contributed by atoms with Gasteiger partial charge in [0.15, 0.2) is 5.16 Å². The van der Waals surface area contributed by atoms with Crippen molar-refractivity contribution in [3.05, 3.63) is 77.6 Å². The van der Waals surface area contributed by atoms with Gasteiger partial charge in [0.2, 0.25) is 5.91 Å². The minimum atomic E-state index is -0.171. The highest BCUT2D eigenvalue weighted by atomic mass is 32.2. The quantitative estimate of drug-likeness (QED) is 0.321. The number of hydrogen-bond donors (Lipinski definition) is 2. The molecule has 0 radical (unpaired) electrons. The van der Waals surface area contributed by atoms with Crippen molar-refractivity contribution < 1.29 is 14.3 Å². The molecule has 2 aromatic carbocycles. The monoisotopic (exact) mass is 479 g/mol. The van der Waals surface area contributed by atoms with Crippen molar-refractivity contribution in [2.45, 2.75) is 32.0 Å². The van der Waals surface area contributed by atoms with Crippen LogP contribution >= 0.6 is 11.8 Å². The number of thioether (sulfide) groups is 1. The van der Waals surface area contributed by atoms with E-state index in [9.17, 15) is 9.59 Å². The number of carbonyl (C=O) groups excluding carboxylic acids is 2.